The third-order valence-electron chi connectivity index (χ3n) is 13.2. The van der Waals surface area contributed by atoms with Crippen molar-refractivity contribution in [1.29, 1.82) is 0 Å². The average molecular weight is 925 g/mol. The minimum Gasteiger partial charge on any atom is -0.432 e. The number of rotatable bonds is 18. The number of halogens is 6. The van der Waals surface area contributed by atoms with E-state index in [4.69, 9.17) is 9.47 Å². The van der Waals surface area contributed by atoms with Crippen LogP contribution in [0.25, 0.3) is 52.8 Å². The highest BCUT2D eigenvalue weighted by molar-refractivity contribution is 7.19. The van der Waals surface area contributed by atoms with Gasteiger partial charge in [0.25, 0.3) is 0 Å². The summed E-state index contributed by atoms with van der Waals surface area (Å²) in [7, 11) is 0. The highest BCUT2D eigenvalue weighted by Crippen LogP contribution is 2.46. The van der Waals surface area contributed by atoms with Gasteiger partial charge in [-0.1, -0.05) is 77.3 Å². The predicted octanol–water partition coefficient (Wildman–Crippen LogP) is 17.5. The first-order chi connectivity index (χ1) is 30.4. The molecule has 3 aromatic heterocycles. The normalized spacial score (nSPS) is 19.7. The Kier molecular flexibility index (Phi) is 14.5. The molecular formula is C50H54F6N2O2S3. The van der Waals surface area contributed by atoms with Gasteiger partial charge in [0.05, 0.1) is 23.6 Å². The number of hydrogen-bond donors (Lipinski definition) is 0. The highest BCUT2D eigenvalue weighted by atomic mass is 32.1. The fraction of sp³-hybridized carbons (Fsp3) is 0.480. The molecule has 6 aromatic rings. The first kappa shape index (κ1) is 45.6. The number of ether oxygens (including phenoxy) is 2. The lowest BCUT2D eigenvalue weighted by Gasteiger charge is -2.33. The van der Waals surface area contributed by atoms with Crippen molar-refractivity contribution in [3.05, 3.63) is 84.4 Å². The van der Waals surface area contributed by atoms with Gasteiger partial charge in [-0.05, 0) is 112 Å². The summed E-state index contributed by atoms with van der Waals surface area (Å²) in [5, 5.41) is 0. The standard InChI is InChI=1S/C50H54F6N2O2S3/c1-3-5-7-9-31-11-15-33(16-12-31)49(53,54)59-35-19-21-37(41(51)29-35)43-25-27-45(61-43)39-23-24-40(48-47(39)57-63-58-48)46-28-26-44(62-46)38-22-20-36(30-42(38)52)60-50(55,56)34-17-13-32(14-18-34)10-8-6-4-2/h19-34H,3-18H2,1-2H3. The lowest BCUT2D eigenvalue weighted by Crippen LogP contribution is -2.37. The average Bonchev–Trinajstić information content (AvgIpc) is 4.07. The Balaban J connectivity index is 0.914. The number of unbranched alkanes of at least 4 members (excludes halogenated alkanes) is 4. The zero-order chi connectivity index (χ0) is 44.1. The van der Waals surface area contributed by atoms with Crippen LogP contribution in [-0.4, -0.2) is 21.0 Å². The van der Waals surface area contributed by atoms with Crippen molar-refractivity contribution >= 4 is 45.4 Å². The summed E-state index contributed by atoms with van der Waals surface area (Å²) in [6.45, 7) is 4.32. The van der Waals surface area contributed by atoms with Gasteiger partial charge in [-0.15, -0.1) is 22.7 Å². The molecule has 0 bridgehead atoms. The van der Waals surface area contributed by atoms with E-state index in [-0.39, 0.29) is 22.6 Å². The molecule has 3 aromatic carbocycles. The van der Waals surface area contributed by atoms with Crippen LogP contribution in [0.2, 0.25) is 0 Å². The number of alkyl halides is 4. The van der Waals surface area contributed by atoms with Crippen LogP contribution < -0.4 is 9.47 Å². The van der Waals surface area contributed by atoms with E-state index in [2.05, 4.69) is 22.6 Å². The molecule has 4 nitrogen and oxygen atoms in total. The summed E-state index contributed by atoms with van der Waals surface area (Å²) in [4.78, 5) is 2.88. The van der Waals surface area contributed by atoms with Crippen LogP contribution in [0.5, 0.6) is 11.5 Å². The van der Waals surface area contributed by atoms with Crippen molar-refractivity contribution in [2.24, 2.45) is 23.7 Å². The van der Waals surface area contributed by atoms with Crippen molar-refractivity contribution in [3.8, 4) is 53.3 Å². The lowest BCUT2D eigenvalue weighted by atomic mass is 9.79. The zero-order valence-electron chi connectivity index (χ0n) is 35.8. The molecule has 0 aliphatic heterocycles. The Morgan fingerprint density at radius 3 is 1.24 bits per heavy atom. The Bertz CT molecular complexity index is 2280. The molecule has 2 fully saturated rings. The molecule has 2 aliphatic carbocycles. The molecule has 8 rings (SSSR count). The van der Waals surface area contributed by atoms with E-state index in [0.29, 0.717) is 58.3 Å². The Morgan fingerprint density at radius 2 is 0.873 bits per heavy atom. The molecule has 0 spiro atoms. The summed E-state index contributed by atoms with van der Waals surface area (Å²) in [5.74, 6) is -2.49. The number of aromatic nitrogens is 2. The summed E-state index contributed by atoms with van der Waals surface area (Å²) >= 11 is 3.76. The van der Waals surface area contributed by atoms with E-state index < -0.39 is 35.7 Å². The SMILES string of the molecule is CCCCCC1CCC(C(F)(F)Oc2ccc(-c3ccc(-c4ccc(-c5ccc(-c6ccc(OC(F)(F)C7CCC(CCCCC)CC7)cc6F)s5)c5nsnc45)s3)c(F)c2)CC1. The molecule has 0 radical (unpaired) electrons. The van der Waals surface area contributed by atoms with Crippen LogP contribution in [0.3, 0.4) is 0 Å². The van der Waals surface area contributed by atoms with Gasteiger partial charge in [-0.2, -0.15) is 26.3 Å². The summed E-state index contributed by atoms with van der Waals surface area (Å²) in [6, 6.07) is 19.1. The van der Waals surface area contributed by atoms with Gasteiger partial charge in [0.2, 0.25) is 0 Å². The van der Waals surface area contributed by atoms with Crippen molar-refractivity contribution in [2.45, 2.75) is 129 Å². The number of fused-ring (bicyclic) bond motifs is 1. The van der Waals surface area contributed by atoms with Gasteiger partial charge < -0.3 is 9.47 Å². The fourth-order valence-corrected chi connectivity index (χ4v) is 12.2. The molecule has 2 aliphatic rings. The van der Waals surface area contributed by atoms with Gasteiger partial charge >= 0.3 is 12.2 Å². The van der Waals surface area contributed by atoms with E-state index >= 15 is 26.3 Å². The van der Waals surface area contributed by atoms with E-state index in [9.17, 15) is 0 Å². The zero-order valence-corrected chi connectivity index (χ0v) is 38.2. The molecule has 0 saturated heterocycles. The minimum absolute atomic E-state index is 0.195. The molecule has 0 N–H and O–H groups in total. The second-order valence-corrected chi connectivity index (χ2v) is 20.2. The van der Waals surface area contributed by atoms with Crippen molar-refractivity contribution < 1.29 is 35.8 Å². The molecule has 13 heteroatoms. The van der Waals surface area contributed by atoms with Crippen LogP contribution in [-0.2, 0) is 0 Å². The maximum atomic E-state index is 15.6. The Morgan fingerprint density at radius 1 is 0.508 bits per heavy atom. The number of thiophene rings is 2. The number of nitrogens with zero attached hydrogens (tertiary/aromatic N) is 2. The second kappa shape index (κ2) is 20.1. The first-order valence-corrected chi connectivity index (χ1v) is 25.0. The third kappa shape index (κ3) is 10.6. The second-order valence-electron chi connectivity index (χ2n) is 17.5. The van der Waals surface area contributed by atoms with E-state index in [1.807, 2.05) is 24.3 Å². The van der Waals surface area contributed by atoms with Gasteiger partial charge in [0.1, 0.15) is 34.2 Å². The van der Waals surface area contributed by atoms with Gasteiger partial charge in [0.15, 0.2) is 0 Å². The van der Waals surface area contributed by atoms with Crippen LogP contribution >= 0.6 is 34.4 Å². The van der Waals surface area contributed by atoms with Gasteiger partial charge in [-0.25, -0.2) is 8.78 Å². The quantitative estimate of drug-likeness (QED) is 0.0636. The summed E-state index contributed by atoms with van der Waals surface area (Å²) < 4.78 is 112. The minimum atomic E-state index is -3.38. The molecule has 3 heterocycles. The summed E-state index contributed by atoms with van der Waals surface area (Å²) in [5.41, 5.74) is 3.46. The molecule has 0 amide bonds. The highest BCUT2D eigenvalue weighted by Gasteiger charge is 2.45. The van der Waals surface area contributed by atoms with Crippen molar-refractivity contribution in [2.75, 3.05) is 0 Å². The van der Waals surface area contributed by atoms with Gasteiger partial charge in [0, 0.05) is 53.9 Å². The molecular weight excluding hydrogens is 871 g/mol. The molecule has 63 heavy (non-hydrogen) atoms. The van der Waals surface area contributed by atoms with E-state index in [1.165, 1.54) is 59.8 Å². The van der Waals surface area contributed by atoms with Crippen LogP contribution in [0.15, 0.2) is 72.8 Å². The maximum absolute atomic E-state index is 15.6. The van der Waals surface area contributed by atoms with E-state index in [0.717, 1.165) is 109 Å². The monoisotopic (exact) mass is 924 g/mol. The largest absolute Gasteiger partial charge is 0.432 e. The molecule has 336 valence electrons. The molecule has 0 unspecified atom stereocenters. The van der Waals surface area contributed by atoms with Gasteiger partial charge in [-0.3, -0.25) is 0 Å². The lowest BCUT2D eigenvalue weighted by molar-refractivity contribution is -0.224. The van der Waals surface area contributed by atoms with Crippen LogP contribution in [0.1, 0.15) is 117 Å². The molecule has 0 atom stereocenters. The Hall–Kier alpha value is -3.94. The smallest absolute Gasteiger partial charge is 0.400 e. The van der Waals surface area contributed by atoms with Crippen LogP contribution in [0, 0.1) is 35.3 Å². The van der Waals surface area contributed by atoms with Crippen molar-refractivity contribution in [1.82, 2.24) is 8.75 Å². The van der Waals surface area contributed by atoms with E-state index in [1.54, 1.807) is 12.1 Å². The topological polar surface area (TPSA) is 44.2 Å². The maximum Gasteiger partial charge on any atom is 0.400 e. The predicted molar refractivity (Wildman–Crippen MR) is 245 cm³/mol. The number of benzene rings is 3. The van der Waals surface area contributed by atoms with Crippen LogP contribution in [0.4, 0.5) is 26.3 Å². The third-order valence-corrected chi connectivity index (χ3v) is 16.0. The molecule has 2 saturated carbocycles. The first-order valence-electron chi connectivity index (χ1n) is 22.6. The number of hydrogen-bond acceptors (Lipinski definition) is 7. The fourth-order valence-electron chi connectivity index (χ4n) is 9.46. The van der Waals surface area contributed by atoms with Crippen molar-refractivity contribution in [3.63, 3.8) is 0 Å². The Labute approximate surface area is 378 Å². The summed E-state index contributed by atoms with van der Waals surface area (Å²) in [6.07, 6.45) is 6.99.